The minimum atomic E-state index is -1.26. The third-order valence-corrected chi connectivity index (χ3v) is 5.93. The average Bonchev–Trinajstić information content (AvgIpc) is 3.06. The lowest BCUT2D eigenvalue weighted by molar-refractivity contribution is -0.134. The molecule has 0 amide bonds. The van der Waals surface area contributed by atoms with E-state index in [1.165, 1.54) is 4.88 Å². The Morgan fingerprint density at radius 2 is 1.74 bits per heavy atom. The van der Waals surface area contributed by atoms with Crippen molar-refractivity contribution in [3.05, 3.63) is 52.9 Å². The summed E-state index contributed by atoms with van der Waals surface area (Å²) in [6.45, 7) is 5.03. The molecule has 1 aromatic heterocycles. The van der Waals surface area contributed by atoms with Crippen molar-refractivity contribution in [1.29, 1.82) is 0 Å². The molecule has 0 saturated carbocycles. The van der Waals surface area contributed by atoms with Gasteiger partial charge in [0.25, 0.3) is 0 Å². The Balaban J connectivity index is 0.000000394. The standard InChI is InChI=1S/C19H24N4OS.C4H4O4.H2O/c1-21(2)13-14-12-15-18(23-10-8-22(3)9-11-23)20-16-6-4-5-7-17(16)24-19(15)25-14;5-3(6)1-2-4(7)8;/h4-7,12H,8-11,13H2,1-3H3;1-2H,(H,5,6)(H,7,8);1H2/b;2-1+;. The number of carbonyl (C=O) groups is 2. The van der Waals surface area contributed by atoms with Crippen LogP contribution in [0.15, 0.2) is 47.5 Å². The Hall–Kier alpha value is -3.25. The Bertz CT molecular complexity index is 1040. The zero-order valence-electron chi connectivity index (χ0n) is 19.4. The fourth-order valence-electron chi connectivity index (χ4n) is 3.36. The quantitative estimate of drug-likeness (QED) is 0.622. The lowest BCUT2D eigenvalue weighted by atomic mass is 10.2. The number of amidine groups is 1. The smallest absolute Gasteiger partial charge is 0.328 e. The summed E-state index contributed by atoms with van der Waals surface area (Å²) in [6.07, 6.45) is 1.12. The number of carboxylic acid groups (broad SMARTS) is 2. The molecule has 2 aliphatic rings. The van der Waals surface area contributed by atoms with Crippen molar-refractivity contribution in [2.75, 3.05) is 47.3 Å². The first-order chi connectivity index (χ1) is 15.7. The fraction of sp³-hybridized carbons (Fsp3) is 0.348. The molecule has 2 aliphatic heterocycles. The molecule has 0 atom stereocenters. The molecule has 2 aromatic rings. The highest BCUT2D eigenvalue weighted by molar-refractivity contribution is 7.14. The highest BCUT2D eigenvalue weighted by Crippen LogP contribution is 2.42. The number of likely N-dealkylation sites (N-methyl/N-ethyl adjacent to an activating group) is 1. The summed E-state index contributed by atoms with van der Waals surface area (Å²) in [6, 6.07) is 10.3. The molecule has 10 nitrogen and oxygen atoms in total. The zero-order chi connectivity index (χ0) is 24.0. The number of ether oxygens (including phenoxy) is 1. The van der Waals surface area contributed by atoms with Crippen molar-refractivity contribution in [2.45, 2.75) is 6.54 Å². The molecule has 4 rings (SSSR count). The molecule has 0 aliphatic carbocycles. The molecular weight excluding hydrogens is 460 g/mol. The van der Waals surface area contributed by atoms with Gasteiger partial charge in [0.05, 0.1) is 5.56 Å². The van der Waals surface area contributed by atoms with Gasteiger partial charge in [-0.1, -0.05) is 12.1 Å². The normalized spacial score (nSPS) is 15.2. The Kier molecular flexibility index (Phi) is 9.75. The van der Waals surface area contributed by atoms with Crippen LogP contribution in [0.2, 0.25) is 0 Å². The van der Waals surface area contributed by atoms with Crippen LogP contribution < -0.4 is 4.74 Å². The van der Waals surface area contributed by atoms with E-state index in [9.17, 15) is 9.59 Å². The lowest BCUT2D eigenvalue weighted by Gasteiger charge is -2.34. The highest BCUT2D eigenvalue weighted by atomic mass is 32.1. The molecule has 0 radical (unpaired) electrons. The molecule has 184 valence electrons. The van der Waals surface area contributed by atoms with Gasteiger partial charge in [-0.15, -0.1) is 11.3 Å². The largest absolute Gasteiger partial charge is 0.478 e. The van der Waals surface area contributed by atoms with Crippen molar-refractivity contribution in [1.82, 2.24) is 14.7 Å². The lowest BCUT2D eigenvalue weighted by Crippen LogP contribution is -2.47. The maximum atomic E-state index is 9.55. The maximum absolute atomic E-state index is 9.55. The van der Waals surface area contributed by atoms with Crippen LogP contribution in [0.4, 0.5) is 5.69 Å². The molecule has 11 heteroatoms. The van der Waals surface area contributed by atoms with Gasteiger partial charge in [-0.25, -0.2) is 14.6 Å². The van der Waals surface area contributed by atoms with Crippen LogP contribution in [0.1, 0.15) is 10.4 Å². The van der Waals surface area contributed by atoms with Crippen LogP contribution >= 0.6 is 11.3 Å². The maximum Gasteiger partial charge on any atom is 0.328 e. The first-order valence-electron chi connectivity index (χ1n) is 10.4. The predicted octanol–water partition coefficient (Wildman–Crippen LogP) is 2.13. The van der Waals surface area contributed by atoms with Gasteiger partial charge in [-0.05, 0) is 39.3 Å². The monoisotopic (exact) mass is 490 g/mol. The number of piperazine rings is 1. The predicted molar refractivity (Wildman–Crippen MR) is 132 cm³/mol. The summed E-state index contributed by atoms with van der Waals surface area (Å²) in [4.78, 5) is 32.4. The third-order valence-electron chi connectivity index (χ3n) is 4.93. The number of carboxylic acids is 2. The topological polar surface area (TPSA) is 137 Å². The van der Waals surface area contributed by atoms with Crippen LogP contribution in [0, 0.1) is 0 Å². The Morgan fingerprint density at radius 3 is 2.32 bits per heavy atom. The summed E-state index contributed by atoms with van der Waals surface area (Å²) in [5.74, 6) is -0.625. The first-order valence-corrected chi connectivity index (χ1v) is 11.3. The van der Waals surface area contributed by atoms with Crippen molar-refractivity contribution in [2.24, 2.45) is 4.99 Å². The van der Waals surface area contributed by atoms with Crippen molar-refractivity contribution < 1.29 is 30.0 Å². The van der Waals surface area contributed by atoms with E-state index >= 15 is 0 Å². The summed E-state index contributed by atoms with van der Waals surface area (Å²) in [5, 5.41) is 16.6. The molecule has 0 unspecified atom stereocenters. The first kappa shape index (κ1) is 27.0. The van der Waals surface area contributed by atoms with Crippen molar-refractivity contribution >= 4 is 34.8 Å². The van der Waals surface area contributed by atoms with E-state index < -0.39 is 11.9 Å². The molecule has 0 bridgehead atoms. The minimum Gasteiger partial charge on any atom is -0.478 e. The van der Waals surface area contributed by atoms with Gasteiger partial charge in [0.2, 0.25) is 0 Å². The van der Waals surface area contributed by atoms with E-state index in [4.69, 9.17) is 19.9 Å². The number of nitrogens with zero attached hydrogens (tertiary/aromatic N) is 4. The number of fused-ring (bicyclic) bond motifs is 2. The number of thiophene rings is 1. The molecule has 0 spiro atoms. The van der Waals surface area contributed by atoms with E-state index in [2.05, 4.69) is 41.9 Å². The summed E-state index contributed by atoms with van der Waals surface area (Å²) in [5.41, 5.74) is 2.04. The van der Waals surface area contributed by atoms with Gasteiger partial charge in [-0.2, -0.15) is 0 Å². The minimum absolute atomic E-state index is 0. The second kappa shape index (κ2) is 12.3. The van der Waals surface area contributed by atoms with Gasteiger partial charge in [0.15, 0.2) is 10.8 Å². The third kappa shape index (κ3) is 7.39. The highest BCUT2D eigenvalue weighted by Gasteiger charge is 2.27. The van der Waals surface area contributed by atoms with Crippen LogP contribution in [0.5, 0.6) is 10.8 Å². The van der Waals surface area contributed by atoms with Gasteiger partial charge >= 0.3 is 11.9 Å². The van der Waals surface area contributed by atoms with E-state index in [0.717, 1.165) is 60.6 Å². The zero-order valence-corrected chi connectivity index (χ0v) is 20.2. The summed E-state index contributed by atoms with van der Waals surface area (Å²) >= 11 is 1.73. The van der Waals surface area contributed by atoms with Crippen molar-refractivity contribution in [3.8, 4) is 10.8 Å². The summed E-state index contributed by atoms with van der Waals surface area (Å²) in [7, 11) is 6.36. The van der Waals surface area contributed by atoms with Crippen molar-refractivity contribution in [3.63, 3.8) is 0 Å². The SMILES string of the molecule is CN(C)Cc1cc2c(s1)Oc1ccccc1N=C2N1CCN(C)CC1.O.O=C(O)/C=C/C(=O)O. The van der Waals surface area contributed by atoms with Crippen LogP contribution in [-0.4, -0.2) is 95.5 Å². The molecule has 3 heterocycles. The number of para-hydroxylation sites is 2. The van der Waals surface area contributed by atoms with Gasteiger partial charge in [0, 0.05) is 49.8 Å². The Morgan fingerprint density at radius 1 is 1.12 bits per heavy atom. The molecular formula is C23H30N4O6S. The molecule has 4 N–H and O–H groups in total. The fourth-order valence-corrected chi connectivity index (χ4v) is 4.49. The molecule has 34 heavy (non-hydrogen) atoms. The van der Waals surface area contributed by atoms with Crippen LogP contribution in [0.3, 0.4) is 0 Å². The number of aliphatic carboxylic acids is 2. The van der Waals surface area contributed by atoms with Gasteiger partial charge in [0.1, 0.15) is 11.5 Å². The van der Waals surface area contributed by atoms with Gasteiger partial charge in [-0.3, -0.25) is 0 Å². The number of hydrogen-bond donors (Lipinski definition) is 2. The van der Waals surface area contributed by atoms with Crippen LogP contribution in [-0.2, 0) is 16.1 Å². The Labute approximate surface area is 202 Å². The summed E-state index contributed by atoms with van der Waals surface area (Å²) < 4.78 is 6.26. The van der Waals surface area contributed by atoms with E-state index in [-0.39, 0.29) is 5.48 Å². The number of hydrogen-bond acceptors (Lipinski definition) is 8. The molecule has 1 aromatic carbocycles. The van der Waals surface area contributed by atoms with E-state index in [0.29, 0.717) is 12.2 Å². The number of rotatable bonds is 4. The second-order valence-corrected chi connectivity index (χ2v) is 9.06. The van der Waals surface area contributed by atoms with Crippen LogP contribution in [0.25, 0.3) is 0 Å². The molecule has 1 saturated heterocycles. The average molecular weight is 491 g/mol. The number of aliphatic imine (C=N–C) groups is 1. The molecule has 1 fully saturated rings. The van der Waals surface area contributed by atoms with E-state index in [1.54, 1.807) is 11.3 Å². The number of benzene rings is 1. The second-order valence-electron chi connectivity index (χ2n) is 7.96. The van der Waals surface area contributed by atoms with Gasteiger partial charge < -0.3 is 35.1 Å². The van der Waals surface area contributed by atoms with E-state index in [1.807, 2.05) is 24.3 Å².